The lowest BCUT2D eigenvalue weighted by molar-refractivity contribution is -0.115. The second-order valence-electron chi connectivity index (χ2n) is 5.65. The van der Waals surface area contributed by atoms with Gasteiger partial charge in [0.2, 0.25) is 5.91 Å². The molecule has 2 aromatic carbocycles. The molecule has 5 heteroatoms. The molecule has 0 aliphatic heterocycles. The first-order valence-corrected chi connectivity index (χ1v) is 8.70. The van der Waals surface area contributed by atoms with Crippen LogP contribution in [0.3, 0.4) is 0 Å². The van der Waals surface area contributed by atoms with Crippen LogP contribution in [-0.2, 0) is 11.2 Å². The lowest BCUT2D eigenvalue weighted by Gasteiger charge is -2.18. The van der Waals surface area contributed by atoms with Crippen LogP contribution >= 0.6 is 15.9 Å². The summed E-state index contributed by atoms with van der Waals surface area (Å²) in [5.41, 5.74) is 2.70. The molecule has 1 heterocycles. The Bertz CT molecular complexity index is 850. The summed E-state index contributed by atoms with van der Waals surface area (Å²) in [4.78, 5) is 18.6. The Hall–Kier alpha value is -2.66. The summed E-state index contributed by atoms with van der Waals surface area (Å²) in [5.74, 6) is 0.750. The van der Waals surface area contributed by atoms with Crippen molar-refractivity contribution in [3.63, 3.8) is 0 Å². The number of carbonyl (C=O) groups is 1. The van der Waals surface area contributed by atoms with Crippen molar-refractivity contribution >= 4 is 39.0 Å². The number of aromatic nitrogens is 1. The molecule has 3 aromatic rings. The molecule has 4 nitrogen and oxygen atoms in total. The molecule has 0 aliphatic rings. The van der Waals surface area contributed by atoms with E-state index in [0.717, 1.165) is 21.5 Å². The van der Waals surface area contributed by atoms with E-state index in [9.17, 15) is 4.79 Å². The first-order chi connectivity index (χ1) is 12.1. The van der Waals surface area contributed by atoms with Crippen molar-refractivity contribution in [1.82, 2.24) is 4.98 Å². The number of para-hydroxylation sites is 1. The predicted molar refractivity (Wildman–Crippen MR) is 105 cm³/mol. The van der Waals surface area contributed by atoms with E-state index in [1.165, 1.54) is 0 Å². The van der Waals surface area contributed by atoms with E-state index in [4.69, 9.17) is 0 Å². The van der Waals surface area contributed by atoms with Crippen molar-refractivity contribution in [2.24, 2.45) is 0 Å². The highest BCUT2D eigenvalue weighted by atomic mass is 79.9. The average molecular weight is 396 g/mol. The van der Waals surface area contributed by atoms with Crippen LogP contribution in [0.2, 0.25) is 0 Å². The van der Waals surface area contributed by atoms with Crippen LogP contribution in [0, 0.1) is 0 Å². The smallest absolute Gasteiger partial charge is 0.228 e. The fourth-order valence-electron chi connectivity index (χ4n) is 2.48. The van der Waals surface area contributed by atoms with Crippen LogP contribution in [-0.4, -0.2) is 17.9 Å². The number of benzene rings is 2. The summed E-state index contributed by atoms with van der Waals surface area (Å²) in [6.07, 6.45) is 2.00. The van der Waals surface area contributed by atoms with Crippen LogP contribution in [0.25, 0.3) is 0 Å². The minimum Gasteiger partial charge on any atom is -0.329 e. The van der Waals surface area contributed by atoms with E-state index in [1.807, 2.05) is 78.7 Å². The number of halogens is 1. The van der Waals surface area contributed by atoms with Crippen molar-refractivity contribution in [3.8, 4) is 0 Å². The van der Waals surface area contributed by atoms with Crippen molar-refractivity contribution in [2.45, 2.75) is 6.42 Å². The maximum atomic E-state index is 12.2. The lowest BCUT2D eigenvalue weighted by atomic mass is 10.1. The summed E-state index contributed by atoms with van der Waals surface area (Å²) in [6, 6.07) is 21.5. The number of rotatable bonds is 5. The molecule has 1 amide bonds. The third kappa shape index (κ3) is 4.67. The summed E-state index contributed by atoms with van der Waals surface area (Å²) in [5, 5.41) is 2.88. The molecule has 0 fully saturated rings. The van der Waals surface area contributed by atoms with Crippen LogP contribution in [0.5, 0.6) is 0 Å². The standard InChI is InChI=1S/C20H18BrN3O/c1-24(18-8-3-2-4-9-18)19-11-10-17(14-22-19)23-20(25)13-15-6-5-7-16(21)12-15/h2-12,14H,13H2,1H3,(H,23,25). The highest BCUT2D eigenvalue weighted by molar-refractivity contribution is 9.10. The quantitative estimate of drug-likeness (QED) is 0.674. The molecule has 0 radical (unpaired) electrons. The molecule has 1 aromatic heterocycles. The van der Waals surface area contributed by atoms with Gasteiger partial charge in [-0.1, -0.05) is 46.3 Å². The molecule has 25 heavy (non-hydrogen) atoms. The molecular weight excluding hydrogens is 378 g/mol. The number of hydrogen-bond acceptors (Lipinski definition) is 3. The van der Waals surface area contributed by atoms with E-state index < -0.39 is 0 Å². The van der Waals surface area contributed by atoms with Crippen LogP contribution in [0.1, 0.15) is 5.56 Å². The summed E-state index contributed by atoms with van der Waals surface area (Å²) in [6.45, 7) is 0. The fourth-order valence-corrected chi connectivity index (χ4v) is 2.93. The van der Waals surface area contributed by atoms with Crippen molar-refractivity contribution in [3.05, 3.63) is 83.0 Å². The zero-order valence-corrected chi connectivity index (χ0v) is 15.4. The molecule has 126 valence electrons. The monoisotopic (exact) mass is 395 g/mol. The number of amides is 1. The van der Waals surface area contributed by atoms with Crippen molar-refractivity contribution in [2.75, 3.05) is 17.3 Å². The van der Waals surface area contributed by atoms with Gasteiger partial charge in [-0.15, -0.1) is 0 Å². The zero-order chi connectivity index (χ0) is 17.6. The van der Waals surface area contributed by atoms with E-state index in [0.29, 0.717) is 12.1 Å². The Morgan fingerprint density at radius 1 is 1.08 bits per heavy atom. The van der Waals surface area contributed by atoms with Gasteiger partial charge in [-0.25, -0.2) is 4.98 Å². The molecule has 3 rings (SSSR count). The third-order valence-electron chi connectivity index (χ3n) is 3.77. The second-order valence-corrected chi connectivity index (χ2v) is 6.57. The molecule has 0 unspecified atom stereocenters. The summed E-state index contributed by atoms with van der Waals surface area (Å²) in [7, 11) is 1.96. The topological polar surface area (TPSA) is 45.2 Å². The van der Waals surface area contributed by atoms with Gasteiger partial charge >= 0.3 is 0 Å². The van der Waals surface area contributed by atoms with Crippen molar-refractivity contribution in [1.29, 1.82) is 0 Å². The Morgan fingerprint density at radius 2 is 1.88 bits per heavy atom. The lowest BCUT2D eigenvalue weighted by Crippen LogP contribution is -2.15. The summed E-state index contributed by atoms with van der Waals surface area (Å²) >= 11 is 3.41. The average Bonchev–Trinajstić information content (AvgIpc) is 2.62. The molecule has 0 saturated carbocycles. The van der Waals surface area contributed by atoms with Gasteiger partial charge in [-0.05, 0) is 42.0 Å². The Morgan fingerprint density at radius 3 is 2.56 bits per heavy atom. The highest BCUT2D eigenvalue weighted by Crippen LogP contribution is 2.22. The fraction of sp³-hybridized carbons (Fsp3) is 0.100. The Kier molecular flexibility index (Phi) is 5.46. The first-order valence-electron chi connectivity index (χ1n) is 7.91. The van der Waals surface area contributed by atoms with E-state index in [1.54, 1.807) is 6.20 Å². The second kappa shape index (κ2) is 7.94. The molecule has 0 atom stereocenters. The third-order valence-corrected chi connectivity index (χ3v) is 4.27. The van der Waals surface area contributed by atoms with Crippen LogP contribution in [0.15, 0.2) is 77.4 Å². The molecule has 0 aliphatic carbocycles. The van der Waals surface area contributed by atoms with Gasteiger partial charge in [0.25, 0.3) is 0 Å². The van der Waals surface area contributed by atoms with Gasteiger partial charge in [0.05, 0.1) is 18.3 Å². The molecule has 1 N–H and O–H groups in total. The molecular formula is C20H18BrN3O. The molecule has 0 bridgehead atoms. The highest BCUT2D eigenvalue weighted by Gasteiger charge is 2.07. The van der Waals surface area contributed by atoms with E-state index in [-0.39, 0.29) is 5.91 Å². The maximum absolute atomic E-state index is 12.2. The van der Waals surface area contributed by atoms with Gasteiger partial charge in [-0.3, -0.25) is 4.79 Å². The van der Waals surface area contributed by atoms with Gasteiger partial charge < -0.3 is 10.2 Å². The normalized spacial score (nSPS) is 10.3. The Balaban J connectivity index is 1.63. The van der Waals surface area contributed by atoms with Crippen LogP contribution < -0.4 is 10.2 Å². The number of hydrogen-bond donors (Lipinski definition) is 1. The van der Waals surface area contributed by atoms with E-state index in [2.05, 4.69) is 26.2 Å². The number of nitrogens with zero attached hydrogens (tertiary/aromatic N) is 2. The molecule has 0 spiro atoms. The minimum atomic E-state index is -0.0657. The number of anilines is 3. The van der Waals surface area contributed by atoms with Gasteiger partial charge in [0, 0.05) is 17.2 Å². The van der Waals surface area contributed by atoms with Gasteiger partial charge in [0.15, 0.2) is 0 Å². The van der Waals surface area contributed by atoms with Crippen LogP contribution in [0.4, 0.5) is 17.2 Å². The zero-order valence-electron chi connectivity index (χ0n) is 13.8. The van der Waals surface area contributed by atoms with Crippen molar-refractivity contribution < 1.29 is 4.79 Å². The largest absolute Gasteiger partial charge is 0.329 e. The number of pyridine rings is 1. The first kappa shape index (κ1) is 17.2. The van der Waals surface area contributed by atoms with E-state index >= 15 is 0 Å². The Labute approximate surface area is 155 Å². The summed E-state index contributed by atoms with van der Waals surface area (Å²) < 4.78 is 0.966. The maximum Gasteiger partial charge on any atom is 0.228 e. The molecule has 0 saturated heterocycles. The predicted octanol–water partition coefficient (Wildman–Crippen LogP) is 4.79. The van der Waals surface area contributed by atoms with Gasteiger partial charge in [-0.2, -0.15) is 0 Å². The minimum absolute atomic E-state index is 0.0657. The van der Waals surface area contributed by atoms with Gasteiger partial charge in [0.1, 0.15) is 5.82 Å². The number of nitrogens with one attached hydrogen (secondary N) is 1. The SMILES string of the molecule is CN(c1ccccc1)c1ccc(NC(=O)Cc2cccc(Br)c2)cn1. The number of carbonyl (C=O) groups excluding carboxylic acids is 1.